The van der Waals surface area contributed by atoms with Crippen LogP contribution in [0.4, 0.5) is 0 Å². The quantitative estimate of drug-likeness (QED) is 0.628. The van der Waals surface area contributed by atoms with Crippen molar-refractivity contribution in [2.75, 3.05) is 5.75 Å². The monoisotopic (exact) mass is 354 g/mol. The van der Waals surface area contributed by atoms with Crippen LogP contribution in [0.25, 0.3) is 0 Å². The minimum Gasteiger partial charge on any atom is -0.504 e. The lowest BCUT2D eigenvalue weighted by atomic mass is 9.84. The highest BCUT2D eigenvalue weighted by atomic mass is 32.1. The van der Waals surface area contributed by atoms with E-state index >= 15 is 0 Å². The lowest BCUT2D eigenvalue weighted by molar-refractivity contribution is 0.0757. The first-order chi connectivity index (χ1) is 11.1. The second-order valence-corrected chi connectivity index (χ2v) is 7.42. The Kier molecular flexibility index (Phi) is 7.61. The zero-order chi connectivity index (χ0) is 18.5. The molecular formula is C19H30O4S. The Morgan fingerprint density at radius 2 is 1.92 bits per heavy atom. The molecule has 0 aromatic heterocycles. The highest BCUT2D eigenvalue weighted by molar-refractivity contribution is 7.80. The molecule has 1 aliphatic carbocycles. The highest BCUT2D eigenvalue weighted by Crippen LogP contribution is 2.35. The van der Waals surface area contributed by atoms with E-state index < -0.39 is 16.8 Å². The third-order valence-electron chi connectivity index (χ3n) is 4.50. The Balaban J connectivity index is 0.000000307. The summed E-state index contributed by atoms with van der Waals surface area (Å²) in [6, 6.07) is 1.41. The summed E-state index contributed by atoms with van der Waals surface area (Å²) in [7, 11) is 0. The number of aromatic hydroxyl groups is 2. The fraction of sp³-hybridized carbons (Fsp3) is 0.632. The number of hydrogen-bond donors (Lipinski definition) is 4. The van der Waals surface area contributed by atoms with E-state index in [1.54, 1.807) is 0 Å². The third-order valence-corrected chi connectivity index (χ3v) is 5.18. The molecule has 0 aliphatic heterocycles. The molecule has 3 N–H and O–H groups in total. The van der Waals surface area contributed by atoms with Gasteiger partial charge in [0.25, 0.3) is 0 Å². The predicted octanol–water partition coefficient (Wildman–Crippen LogP) is 3.36. The zero-order valence-electron chi connectivity index (χ0n) is 15.1. The summed E-state index contributed by atoms with van der Waals surface area (Å²) in [4.78, 5) is 11.5. The fourth-order valence-corrected chi connectivity index (χ4v) is 3.16. The zero-order valence-corrected chi connectivity index (χ0v) is 16.0. The maximum atomic E-state index is 11.5. The van der Waals surface area contributed by atoms with Crippen molar-refractivity contribution >= 4 is 12.6 Å². The summed E-state index contributed by atoms with van der Waals surface area (Å²) in [6.45, 7) is 7.88. The largest absolute Gasteiger partial charge is 0.504 e. The van der Waals surface area contributed by atoms with E-state index in [0.29, 0.717) is 11.7 Å². The van der Waals surface area contributed by atoms with Crippen LogP contribution >= 0.6 is 12.6 Å². The van der Waals surface area contributed by atoms with Crippen molar-refractivity contribution in [3.63, 3.8) is 0 Å². The summed E-state index contributed by atoms with van der Waals surface area (Å²) in [5.41, 5.74) is 1.58. The molecule has 136 valence electrons. The predicted molar refractivity (Wildman–Crippen MR) is 101 cm³/mol. The van der Waals surface area contributed by atoms with Crippen molar-refractivity contribution in [2.24, 2.45) is 5.92 Å². The van der Waals surface area contributed by atoms with Crippen molar-refractivity contribution in [3.8, 4) is 11.5 Å². The number of hydrogen-bond acceptors (Lipinski definition) is 5. The smallest absolute Gasteiger partial charge is 0.224 e. The lowest BCUT2D eigenvalue weighted by Gasteiger charge is -2.21. The van der Waals surface area contributed by atoms with E-state index in [4.69, 9.17) is 0 Å². The number of aliphatic hydroxyl groups is 1. The molecule has 0 saturated heterocycles. The Hall–Kier alpha value is -1.20. The molecule has 5 heteroatoms. The van der Waals surface area contributed by atoms with Crippen LogP contribution in [0.2, 0.25) is 0 Å². The van der Waals surface area contributed by atoms with Crippen LogP contribution in [0.1, 0.15) is 56.7 Å². The maximum Gasteiger partial charge on any atom is 0.224 e. The Morgan fingerprint density at radius 3 is 2.42 bits per heavy atom. The van der Waals surface area contributed by atoms with Gasteiger partial charge in [-0.3, -0.25) is 4.79 Å². The van der Waals surface area contributed by atoms with Gasteiger partial charge in [-0.05, 0) is 62.6 Å². The molecule has 2 rings (SSSR count). The van der Waals surface area contributed by atoms with Gasteiger partial charge in [0.05, 0.1) is 5.60 Å². The van der Waals surface area contributed by atoms with Gasteiger partial charge in [-0.15, -0.1) is 0 Å². The summed E-state index contributed by atoms with van der Waals surface area (Å²) in [5.74, 6) is 0.380. The summed E-state index contributed by atoms with van der Waals surface area (Å²) >= 11 is 3.99. The van der Waals surface area contributed by atoms with Crippen LogP contribution in [-0.4, -0.2) is 26.7 Å². The molecular weight excluding hydrogens is 324 g/mol. The summed E-state index contributed by atoms with van der Waals surface area (Å²) < 4.78 is 0. The molecule has 2 unspecified atom stereocenters. The second kappa shape index (κ2) is 8.77. The van der Waals surface area contributed by atoms with E-state index in [-0.39, 0.29) is 5.75 Å². The van der Waals surface area contributed by atoms with Gasteiger partial charge in [-0.2, -0.15) is 12.6 Å². The van der Waals surface area contributed by atoms with Crippen LogP contribution in [0.15, 0.2) is 10.9 Å². The number of fused-ring (bicyclic) bond motifs is 1. The van der Waals surface area contributed by atoms with E-state index in [1.165, 1.54) is 6.07 Å². The molecule has 24 heavy (non-hydrogen) atoms. The minimum absolute atomic E-state index is 0.222. The maximum absolute atomic E-state index is 11.5. The SMILES string of the molecule is CCCC(C)(O)CS.Cc1cc(=O)c(O)c(O)c2c1CC(C)CC2. The topological polar surface area (TPSA) is 77.8 Å². The van der Waals surface area contributed by atoms with Crippen molar-refractivity contribution in [1.82, 2.24) is 0 Å². The Bertz CT molecular complexity index is 626. The van der Waals surface area contributed by atoms with Crippen LogP contribution in [0.3, 0.4) is 0 Å². The molecule has 0 fully saturated rings. The average molecular weight is 355 g/mol. The molecule has 1 aromatic rings. The van der Waals surface area contributed by atoms with Crippen molar-refractivity contribution < 1.29 is 15.3 Å². The Labute approximate surface area is 150 Å². The standard InChI is InChI=1S/C13H16O3.C6H14OS/c1-7-3-4-9-10(5-7)8(2)6-11(14)13(16)12(9)15;1-3-4-6(2,7)5-8/h6-7H,3-5H2,1-2H3,(H2,14,15,16);7-8H,3-5H2,1-2H3. The van der Waals surface area contributed by atoms with Gasteiger partial charge < -0.3 is 15.3 Å². The minimum atomic E-state index is -0.544. The normalized spacial score (nSPS) is 18.8. The van der Waals surface area contributed by atoms with Gasteiger partial charge in [0.2, 0.25) is 11.2 Å². The lowest BCUT2D eigenvalue weighted by Crippen LogP contribution is -2.25. The van der Waals surface area contributed by atoms with Crippen molar-refractivity contribution in [1.29, 1.82) is 0 Å². The number of rotatable bonds is 3. The molecule has 4 nitrogen and oxygen atoms in total. The number of aryl methyl sites for hydroxylation is 1. The van der Waals surface area contributed by atoms with E-state index in [9.17, 15) is 20.1 Å². The first-order valence-electron chi connectivity index (χ1n) is 8.53. The molecule has 1 aliphatic rings. The first-order valence-corrected chi connectivity index (χ1v) is 9.17. The third kappa shape index (κ3) is 5.42. The molecule has 0 amide bonds. The van der Waals surface area contributed by atoms with Gasteiger partial charge in [0.1, 0.15) is 0 Å². The van der Waals surface area contributed by atoms with Crippen LogP contribution in [0.5, 0.6) is 11.5 Å². The number of thiol groups is 1. The highest BCUT2D eigenvalue weighted by Gasteiger charge is 2.21. The van der Waals surface area contributed by atoms with Crippen molar-refractivity contribution in [3.05, 3.63) is 33.0 Å². The van der Waals surface area contributed by atoms with Gasteiger partial charge in [0.15, 0.2) is 5.75 Å². The molecule has 0 saturated carbocycles. The molecule has 0 bridgehead atoms. The second-order valence-electron chi connectivity index (χ2n) is 7.10. The van der Waals surface area contributed by atoms with Crippen molar-refractivity contribution in [2.45, 2.75) is 65.4 Å². The molecule has 0 spiro atoms. The van der Waals surface area contributed by atoms with E-state index in [0.717, 1.165) is 48.8 Å². The van der Waals surface area contributed by atoms with Gasteiger partial charge in [-0.1, -0.05) is 20.3 Å². The molecule has 0 radical (unpaired) electrons. The molecule has 1 aromatic carbocycles. The molecule has 0 heterocycles. The van der Waals surface area contributed by atoms with Crippen LogP contribution in [-0.2, 0) is 12.8 Å². The van der Waals surface area contributed by atoms with Crippen LogP contribution < -0.4 is 5.43 Å². The van der Waals surface area contributed by atoms with Crippen LogP contribution in [0, 0.1) is 12.8 Å². The van der Waals surface area contributed by atoms with E-state index in [2.05, 4.69) is 26.5 Å². The average Bonchev–Trinajstić information content (AvgIpc) is 2.60. The summed E-state index contributed by atoms with van der Waals surface area (Å²) in [5, 5.41) is 28.6. The molecule has 2 atom stereocenters. The first kappa shape index (κ1) is 20.8. The van der Waals surface area contributed by atoms with Gasteiger partial charge in [-0.25, -0.2) is 0 Å². The van der Waals surface area contributed by atoms with Gasteiger partial charge >= 0.3 is 0 Å². The Morgan fingerprint density at radius 1 is 1.29 bits per heavy atom. The summed E-state index contributed by atoms with van der Waals surface area (Å²) in [6.07, 6.45) is 4.44. The van der Waals surface area contributed by atoms with Gasteiger partial charge in [0, 0.05) is 11.3 Å². The fourth-order valence-electron chi connectivity index (χ4n) is 3.01. The van der Waals surface area contributed by atoms with E-state index in [1.807, 2.05) is 13.8 Å².